The molecule has 1 N–H and O–H groups in total. The van der Waals surface area contributed by atoms with Crippen molar-refractivity contribution in [2.75, 3.05) is 11.9 Å². The van der Waals surface area contributed by atoms with Crippen LogP contribution in [0, 0.1) is 16.4 Å². The number of hydrogen-bond donors (Lipinski definition) is 1. The van der Waals surface area contributed by atoms with Crippen LogP contribution in [-0.4, -0.2) is 12.8 Å². The van der Waals surface area contributed by atoms with Gasteiger partial charge in [0, 0.05) is 17.8 Å². The Bertz CT molecular complexity index is 1540. The summed E-state index contributed by atoms with van der Waals surface area (Å²) in [5.41, 5.74) is 8.22. The van der Waals surface area contributed by atoms with Gasteiger partial charge >= 0.3 is 0 Å². The molecule has 1 aliphatic heterocycles. The van der Waals surface area contributed by atoms with Gasteiger partial charge in [-0.15, -0.1) is 0 Å². The lowest BCUT2D eigenvalue weighted by molar-refractivity contribution is 0.267. The largest absolute Gasteiger partial charge is 0.490 e. The number of anilines is 1. The van der Waals surface area contributed by atoms with Crippen LogP contribution in [0.25, 0.3) is 0 Å². The van der Waals surface area contributed by atoms with Crippen LogP contribution in [0.3, 0.4) is 0 Å². The van der Waals surface area contributed by atoms with Gasteiger partial charge in [-0.25, -0.2) is 0 Å². The second kappa shape index (κ2) is 11.9. The van der Waals surface area contributed by atoms with Crippen LogP contribution in [-0.2, 0) is 6.61 Å². The van der Waals surface area contributed by atoms with Crippen molar-refractivity contribution in [1.82, 2.24) is 0 Å². The molecule has 0 radical (unpaired) electrons. The second-order valence-electron chi connectivity index (χ2n) is 10.4. The van der Waals surface area contributed by atoms with Crippen LogP contribution >= 0.6 is 22.6 Å². The number of allylic oxidation sites excluding steroid dienone is 2. The van der Waals surface area contributed by atoms with E-state index in [1.165, 1.54) is 22.4 Å². The first-order valence-corrected chi connectivity index (χ1v) is 15.0. The van der Waals surface area contributed by atoms with Crippen molar-refractivity contribution >= 4 is 40.2 Å². The van der Waals surface area contributed by atoms with Crippen molar-refractivity contribution in [3.63, 3.8) is 0 Å². The molecule has 1 aliphatic carbocycles. The van der Waals surface area contributed by atoms with Crippen molar-refractivity contribution in [3.05, 3.63) is 128 Å². The van der Waals surface area contributed by atoms with E-state index < -0.39 is 0 Å². The minimum atomic E-state index is 0.288. The lowest BCUT2D eigenvalue weighted by Crippen LogP contribution is -2.28. The smallest absolute Gasteiger partial charge is 0.175 e. The highest BCUT2D eigenvalue weighted by molar-refractivity contribution is 14.1. The molecule has 4 aromatic carbocycles. The SMILES string of the molecule is CCOc1cc(C=Nc2ccc([C@@H]3Nc4ccccc4[C@@H]4C=CC[C@@H]43)cc2)cc(I)c1OCc1ccc(C)cc1. The lowest BCUT2D eigenvalue weighted by atomic mass is 9.77. The van der Waals surface area contributed by atoms with Crippen LogP contribution < -0.4 is 14.8 Å². The Morgan fingerprint density at radius 3 is 2.58 bits per heavy atom. The molecule has 3 atom stereocenters. The third kappa shape index (κ3) is 5.66. The molecular weight excluding hydrogens is 607 g/mol. The molecule has 0 aromatic heterocycles. The zero-order valence-electron chi connectivity index (χ0n) is 22.8. The van der Waals surface area contributed by atoms with Crippen molar-refractivity contribution in [3.8, 4) is 11.5 Å². The summed E-state index contributed by atoms with van der Waals surface area (Å²) in [5, 5.41) is 3.81. The fourth-order valence-electron chi connectivity index (χ4n) is 5.70. The summed E-state index contributed by atoms with van der Waals surface area (Å²) in [6.45, 7) is 5.14. The number of rotatable bonds is 8. The number of hydrogen-bond acceptors (Lipinski definition) is 4. The lowest BCUT2D eigenvalue weighted by Gasteiger charge is -2.37. The minimum absolute atomic E-state index is 0.288. The molecule has 6 rings (SSSR count). The number of ether oxygens (including phenoxy) is 2. The van der Waals surface area contributed by atoms with Crippen LogP contribution in [0.1, 0.15) is 53.1 Å². The van der Waals surface area contributed by atoms with Crippen molar-refractivity contribution in [2.45, 2.75) is 38.8 Å². The maximum Gasteiger partial charge on any atom is 0.175 e. The minimum Gasteiger partial charge on any atom is -0.490 e. The Balaban J connectivity index is 1.17. The van der Waals surface area contributed by atoms with E-state index in [1.54, 1.807) is 0 Å². The van der Waals surface area contributed by atoms with Gasteiger partial charge in [0.25, 0.3) is 0 Å². The molecule has 5 heteroatoms. The standard InChI is InChI=1S/C35H33IN2O2/c1-3-39-33-20-25(19-31(36)35(33)40-22-24-13-11-23(2)12-14-24)21-37-27-17-15-26(16-18-27)34-30-9-6-8-28(30)29-7-4-5-10-32(29)38-34/h4-8,10-21,28,30,34,38H,3,9,22H2,1-2H3/t28-,30-,34-/m0/s1. The quantitative estimate of drug-likeness (QED) is 0.119. The summed E-state index contributed by atoms with van der Waals surface area (Å²) >= 11 is 2.32. The summed E-state index contributed by atoms with van der Waals surface area (Å²) in [6, 6.07) is 30.1. The molecule has 0 bridgehead atoms. The number of fused-ring (bicyclic) bond motifs is 3. The molecule has 40 heavy (non-hydrogen) atoms. The average molecular weight is 641 g/mol. The molecule has 0 saturated heterocycles. The number of aliphatic imine (C=N–C) groups is 1. The number of nitrogens with one attached hydrogen (secondary N) is 1. The molecule has 0 spiro atoms. The Morgan fingerprint density at radius 1 is 0.975 bits per heavy atom. The van der Waals surface area contributed by atoms with Crippen LogP contribution in [0.4, 0.5) is 11.4 Å². The summed E-state index contributed by atoms with van der Waals surface area (Å²) in [7, 11) is 0. The maximum atomic E-state index is 6.20. The fraction of sp³-hybridized carbons (Fsp3) is 0.229. The monoisotopic (exact) mass is 640 g/mol. The van der Waals surface area contributed by atoms with Gasteiger partial charge in [0.1, 0.15) is 6.61 Å². The number of halogens is 1. The van der Waals surface area contributed by atoms with Crippen molar-refractivity contribution < 1.29 is 9.47 Å². The van der Waals surface area contributed by atoms with Crippen molar-refractivity contribution in [1.29, 1.82) is 0 Å². The van der Waals surface area contributed by atoms with Gasteiger partial charge in [0.2, 0.25) is 0 Å². The van der Waals surface area contributed by atoms with Gasteiger partial charge in [0.15, 0.2) is 11.5 Å². The Hall–Kier alpha value is -3.58. The molecule has 4 nitrogen and oxygen atoms in total. The zero-order chi connectivity index (χ0) is 27.5. The molecule has 0 amide bonds. The van der Waals surface area contributed by atoms with E-state index in [4.69, 9.17) is 14.5 Å². The van der Waals surface area contributed by atoms with Gasteiger partial charge in [-0.3, -0.25) is 4.99 Å². The maximum absolute atomic E-state index is 6.20. The fourth-order valence-corrected chi connectivity index (χ4v) is 6.48. The summed E-state index contributed by atoms with van der Waals surface area (Å²) in [6.07, 6.45) is 7.71. The van der Waals surface area contributed by atoms with E-state index in [1.807, 2.05) is 19.2 Å². The molecule has 0 saturated carbocycles. The topological polar surface area (TPSA) is 42.8 Å². The second-order valence-corrected chi connectivity index (χ2v) is 11.6. The van der Waals surface area contributed by atoms with E-state index in [2.05, 4.69) is 126 Å². The highest BCUT2D eigenvalue weighted by Crippen LogP contribution is 2.49. The third-order valence-corrected chi connectivity index (χ3v) is 8.52. The molecule has 1 heterocycles. The van der Waals surface area contributed by atoms with Crippen LogP contribution in [0.2, 0.25) is 0 Å². The number of aryl methyl sites for hydroxylation is 1. The van der Waals surface area contributed by atoms with Crippen LogP contribution in [0.15, 0.2) is 102 Å². The highest BCUT2D eigenvalue weighted by Gasteiger charge is 2.37. The van der Waals surface area contributed by atoms with Gasteiger partial charge in [-0.2, -0.15) is 0 Å². The molecule has 2 aliphatic rings. The number of benzene rings is 4. The van der Waals surface area contributed by atoms with Gasteiger partial charge in [0.05, 0.1) is 21.9 Å². The Labute approximate surface area is 250 Å². The summed E-state index contributed by atoms with van der Waals surface area (Å²) in [4.78, 5) is 4.78. The molecule has 4 aromatic rings. The van der Waals surface area contributed by atoms with Gasteiger partial charge in [-0.05, 0) is 101 Å². The number of para-hydroxylation sites is 1. The molecule has 0 unspecified atom stereocenters. The van der Waals surface area contributed by atoms with Gasteiger partial charge < -0.3 is 14.8 Å². The third-order valence-electron chi connectivity index (χ3n) is 7.72. The highest BCUT2D eigenvalue weighted by atomic mass is 127. The first kappa shape index (κ1) is 26.6. The van der Waals surface area contributed by atoms with E-state index in [9.17, 15) is 0 Å². The molecular formula is C35H33IN2O2. The van der Waals surface area contributed by atoms with E-state index >= 15 is 0 Å². The Morgan fingerprint density at radius 2 is 1.77 bits per heavy atom. The molecule has 0 fully saturated rings. The average Bonchev–Trinajstić information content (AvgIpc) is 3.47. The predicted octanol–water partition coefficient (Wildman–Crippen LogP) is 9.15. The van der Waals surface area contributed by atoms with Gasteiger partial charge in [-0.1, -0.05) is 72.3 Å². The van der Waals surface area contributed by atoms with E-state index in [-0.39, 0.29) is 6.04 Å². The molecule has 202 valence electrons. The van der Waals surface area contributed by atoms with E-state index in [0.717, 1.165) is 38.3 Å². The summed E-state index contributed by atoms with van der Waals surface area (Å²) < 4.78 is 13.2. The number of nitrogens with zero attached hydrogens (tertiary/aromatic N) is 1. The van der Waals surface area contributed by atoms with Crippen molar-refractivity contribution in [2.24, 2.45) is 10.9 Å². The Kier molecular flexibility index (Phi) is 7.91. The van der Waals surface area contributed by atoms with Crippen LogP contribution in [0.5, 0.6) is 11.5 Å². The predicted molar refractivity (Wildman–Crippen MR) is 172 cm³/mol. The first-order chi connectivity index (χ1) is 19.6. The normalized spacial score (nSPS) is 19.2. The zero-order valence-corrected chi connectivity index (χ0v) is 25.0. The van der Waals surface area contributed by atoms with E-state index in [0.29, 0.717) is 25.0 Å². The summed E-state index contributed by atoms with van der Waals surface area (Å²) in [5.74, 6) is 2.52. The first-order valence-electron chi connectivity index (χ1n) is 13.9.